The number of nitrogens with zero attached hydrogens (tertiary/aromatic N) is 5. The number of benzene rings is 1. The van der Waals surface area contributed by atoms with E-state index >= 15 is 0 Å². The predicted molar refractivity (Wildman–Crippen MR) is 126 cm³/mol. The molecule has 2 aliphatic heterocycles. The Bertz CT molecular complexity index is 1220. The number of aromatic nitrogens is 4. The van der Waals surface area contributed by atoms with Crippen molar-refractivity contribution in [1.82, 2.24) is 24.6 Å². The summed E-state index contributed by atoms with van der Waals surface area (Å²) in [5.41, 5.74) is 3.05. The van der Waals surface area contributed by atoms with E-state index in [0.717, 1.165) is 56.1 Å². The van der Waals surface area contributed by atoms with Crippen molar-refractivity contribution in [2.45, 2.75) is 32.1 Å². The molecule has 176 valence electrons. The monoisotopic (exact) mass is 459 g/mol. The van der Waals surface area contributed by atoms with Crippen molar-refractivity contribution < 1.29 is 14.3 Å². The van der Waals surface area contributed by atoms with Gasteiger partial charge in [-0.15, -0.1) is 10.2 Å². The quantitative estimate of drug-likeness (QED) is 0.505. The van der Waals surface area contributed by atoms with E-state index in [9.17, 15) is 9.59 Å². The van der Waals surface area contributed by atoms with Gasteiger partial charge in [-0.05, 0) is 35.6 Å². The van der Waals surface area contributed by atoms with Gasteiger partial charge in [0.15, 0.2) is 5.78 Å². The highest BCUT2D eigenvalue weighted by molar-refractivity contribution is 6.00. The van der Waals surface area contributed by atoms with Crippen LogP contribution in [0.4, 0.5) is 0 Å². The molecule has 5 rings (SSSR count). The lowest BCUT2D eigenvalue weighted by Crippen LogP contribution is -2.45. The molecule has 1 amide bonds. The smallest absolute Gasteiger partial charge is 0.254 e. The molecule has 2 fully saturated rings. The zero-order valence-corrected chi connectivity index (χ0v) is 19.6. The molecule has 0 N–H and O–H groups in total. The van der Waals surface area contributed by atoms with Crippen LogP contribution in [0.15, 0.2) is 48.9 Å². The summed E-state index contributed by atoms with van der Waals surface area (Å²) in [6, 6.07) is 11.4. The molecule has 0 radical (unpaired) electrons. The number of rotatable bonds is 7. The molecule has 1 atom stereocenters. The second-order valence-corrected chi connectivity index (χ2v) is 9.71. The first-order chi connectivity index (χ1) is 16.4. The molecule has 2 aromatic heterocycles. The Kier molecular flexibility index (Phi) is 6.00. The van der Waals surface area contributed by atoms with Crippen LogP contribution in [0.3, 0.4) is 0 Å². The van der Waals surface area contributed by atoms with Crippen LogP contribution in [0.5, 0.6) is 0 Å². The van der Waals surface area contributed by atoms with Crippen molar-refractivity contribution >= 4 is 11.7 Å². The number of Topliss-reactive ketones (excluding diaryl/α,β-unsaturated/α-hetero) is 1. The number of ether oxygens (including phenoxy) is 1. The molecule has 34 heavy (non-hydrogen) atoms. The maximum atomic E-state index is 13.0. The number of hydrogen-bond donors (Lipinski definition) is 0. The Hall–Kier alpha value is -3.39. The number of aryl methyl sites for hydroxylation is 1. The van der Waals surface area contributed by atoms with Crippen molar-refractivity contribution in [3.05, 3.63) is 77.1 Å². The molecule has 2 saturated heterocycles. The Morgan fingerprint density at radius 3 is 2.76 bits per heavy atom. The molecule has 3 aromatic rings. The second kappa shape index (κ2) is 9.10. The Balaban J connectivity index is 1.25. The third kappa shape index (κ3) is 4.50. The van der Waals surface area contributed by atoms with E-state index < -0.39 is 0 Å². The van der Waals surface area contributed by atoms with Crippen molar-refractivity contribution in [3.8, 4) is 0 Å². The van der Waals surface area contributed by atoms with Crippen LogP contribution >= 0.6 is 0 Å². The van der Waals surface area contributed by atoms with Crippen molar-refractivity contribution in [1.29, 1.82) is 0 Å². The van der Waals surface area contributed by atoms with Crippen LogP contribution in [0.1, 0.15) is 57.1 Å². The van der Waals surface area contributed by atoms with E-state index in [-0.39, 0.29) is 29.4 Å². The first-order valence-corrected chi connectivity index (χ1v) is 11.7. The topological polar surface area (TPSA) is 90.2 Å². The number of pyridine rings is 1. The maximum absolute atomic E-state index is 13.0. The van der Waals surface area contributed by atoms with Crippen LogP contribution in [0, 0.1) is 5.41 Å². The SMILES string of the molecule is C[C@H](Cc1nncn1C)c1cccc(CC(=O)c2cc(C(=O)N3CCC4(COC4)C3)ccn2)c1. The molecule has 8 heteroatoms. The molecule has 0 saturated carbocycles. The molecule has 1 aromatic carbocycles. The summed E-state index contributed by atoms with van der Waals surface area (Å²) < 4.78 is 7.28. The standard InChI is InChI=1S/C26H29N5O3/c1-18(10-24-29-28-17-30(24)2)20-5-3-4-19(11-20)12-23(32)22-13-21(6-8-27-22)25(33)31-9-7-26(14-31)15-34-16-26/h3-6,8,11,13,17-18H,7,9-10,12,14-16H2,1-2H3/t18-/m1/s1. The number of ketones is 1. The average Bonchev–Trinajstić information content (AvgIpc) is 3.46. The van der Waals surface area contributed by atoms with Crippen LogP contribution in [-0.2, 0) is 24.6 Å². The predicted octanol–water partition coefficient (Wildman–Crippen LogP) is 2.84. The molecule has 0 bridgehead atoms. The molecule has 2 aliphatic rings. The minimum atomic E-state index is -0.0990. The van der Waals surface area contributed by atoms with Gasteiger partial charge in [0.25, 0.3) is 5.91 Å². The van der Waals surface area contributed by atoms with Crippen LogP contribution in [0.2, 0.25) is 0 Å². The molecular formula is C26H29N5O3. The Morgan fingerprint density at radius 2 is 2.06 bits per heavy atom. The number of likely N-dealkylation sites (tertiary alicyclic amines) is 1. The average molecular weight is 460 g/mol. The van der Waals surface area contributed by atoms with Gasteiger partial charge >= 0.3 is 0 Å². The molecule has 1 spiro atoms. The number of amides is 1. The molecule has 8 nitrogen and oxygen atoms in total. The largest absolute Gasteiger partial charge is 0.380 e. The highest BCUT2D eigenvalue weighted by atomic mass is 16.5. The van der Waals surface area contributed by atoms with E-state index in [1.165, 1.54) is 0 Å². The fraction of sp³-hybridized carbons (Fsp3) is 0.423. The van der Waals surface area contributed by atoms with Crippen molar-refractivity contribution in [2.24, 2.45) is 12.5 Å². The third-order valence-electron chi connectivity index (χ3n) is 7.01. The summed E-state index contributed by atoms with van der Waals surface area (Å²) in [5, 5.41) is 8.12. The van der Waals surface area contributed by atoms with E-state index in [0.29, 0.717) is 11.3 Å². The van der Waals surface area contributed by atoms with E-state index in [1.807, 2.05) is 28.6 Å². The van der Waals surface area contributed by atoms with Gasteiger partial charge in [0.2, 0.25) is 0 Å². The Morgan fingerprint density at radius 1 is 1.21 bits per heavy atom. The van der Waals surface area contributed by atoms with Crippen LogP contribution < -0.4 is 0 Å². The van der Waals surface area contributed by atoms with Gasteiger partial charge in [-0.2, -0.15) is 0 Å². The lowest BCUT2D eigenvalue weighted by Gasteiger charge is -2.37. The lowest BCUT2D eigenvalue weighted by atomic mass is 9.85. The van der Waals surface area contributed by atoms with Gasteiger partial charge in [0.1, 0.15) is 17.8 Å². The van der Waals surface area contributed by atoms with Crippen molar-refractivity contribution in [2.75, 3.05) is 26.3 Å². The van der Waals surface area contributed by atoms with Crippen LogP contribution in [0.25, 0.3) is 0 Å². The normalized spacial score (nSPS) is 17.5. The zero-order valence-electron chi connectivity index (χ0n) is 19.6. The lowest BCUT2D eigenvalue weighted by molar-refractivity contribution is -0.103. The first-order valence-electron chi connectivity index (χ1n) is 11.7. The van der Waals surface area contributed by atoms with Gasteiger partial charge in [-0.25, -0.2) is 0 Å². The first kappa shape index (κ1) is 22.4. The number of carbonyl (C=O) groups excluding carboxylic acids is 2. The molecule has 0 unspecified atom stereocenters. The Labute approximate surface area is 199 Å². The zero-order chi connectivity index (χ0) is 23.7. The summed E-state index contributed by atoms with van der Waals surface area (Å²) in [7, 11) is 1.94. The van der Waals surface area contributed by atoms with Gasteiger partial charge in [0.05, 0.1) is 13.2 Å². The van der Waals surface area contributed by atoms with Gasteiger partial charge in [0, 0.05) is 50.2 Å². The van der Waals surface area contributed by atoms with E-state index in [2.05, 4.69) is 34.2 Å². The summed E-state index contributed by atoms with van der Waals surface area (Å²) >= 11 is 0. The minimum Gasteiger partial charge on any atom is -0.380 e. The van der Waals surface area contributed by atoms with E-state index in [1.54, 1.807) is 24.7 Å². The third-order valence-corrected chi connectivity index (χ3v) is 7.01. The molecule has 0 aliphatic carbocycles. The van der Waals surface area contributed by atoms with Crippen molar-refractivity contribution in [3.63, 3.8) is 0 Å². The number of carbonyl (C=O) groups is 2. The highest BCUT2D eigenvalue weighted by Gasteiger charge is 2.45. The van der Waals surface area contributed by atoms with Gasteiger partial charge in [-0.1, -0.05) is 31.2 Å². The maximum Gasteiger partial charge on any atom is 0.254 e. The fourth-order valence-electron chi connectivity index (χ4n) is 4.80. The summed E-state index contributed by atoms with van der Waals surface area (Å²) in [4.78, 5) is 32.2. The second-order valence-electron chi connectivity index (χ2n) is 9.71. The molecular weight excluding hydrogens is 430 g/mol. The summed E-state index contributed by atoms with van der Waals surface area (Å²) in [6.07, 6.45) is 5.23. The molecule has 4 heterocycles. The van der Waals surface area contributed by atoms with E-state index in [4.69, 9.17) is 4.74 Å². The number of hydrogen-bond acceptors (Lipinski definition) is 6. The summed E-state index contributed by atoms with van der Waals surface area (Å²) in [6.45, 7) is 5.05. The van der Waals surface area contributed by atoms with Gasteiger partial charge in [-0.3, -0.25) is 14.6 Å². The summed E-state index contributed by atoms with van der Waals surface area (Å²) in [5.74, 6) is 1.02. The highest BCUT2D eigenvalue weighted by Crippen LogP contribution is 2.37. The van der Waals surface area contributed by atoms with Crippen LogP contribution in [-0.4, -0.2) is 62.6 Å². The van der Waals surface area contributed by atoms with Gasteiger partial charge < -0.3 is 14.2 Å². The fourth-order valence-corrected chi connectivity index (χ4v) is 4.80. The minimum absolute atomic E-state index is 0.0418.